The van der Waals surface area contributed by atoms with E-state index in [2.05, 4.69) is 13.8 Å². The van der Waals surface area contributed by atoms with Gasteiger partial charge >= 0.3 is 0 Å². The average molecular weight is 314 g/mol. The Morgan fingerprint density at radius 2 is 1.82 bits per heavy atom. The predicted octanol–water partition coefficient (Wildman–Crippen LogP) is 3.30. The zero-order chi connectivity index (χ0) is 15.9. The minimum absolute atomic E-state index is 0.0179. The average Bonchev–Trinajstić information content (AvgIpc) is 2.48. The van der Waals surface area contributed by atoms with E-state index >= 15 is 0 Å². The van der Waals surface area contributed by atoms with Gasteiger partial charge < -0.3 is 16.6 Å². The summed E-state index contributed by atoms with van der Waals surface area (Å²) in [6.07, 6.45) is 0.912. The smallest absolute Gasteiger partial charge is 0.115 e. The van der Waals surface area contributed by atoms with Gasteiger partial charge in [0.15, 0.2) is 0 Å². The van der Waals surface area contributed by atoms with Gasteiger partial charge in [0.1, 0.15) is 5.75 Å². The number of thioether (sulfide) groups is 1. The molecule has 0 saturated heterocycles. The number of nitrogen functional groups attached to an aromatic ring is 1. The lowest BCUT2D eigenvalue weighted by Gasteiger charge is -2.43. The summed E-state index contributed by atoms with van der Waals surface area (Å²) in [5.41, 5.74) is 15.4. The summed E-state index contributed by atoms with van der Waals surface area (Å²) >= 11 is 1.81. The lowest BCUT2D eigenvalue weighted by Crippen LogP contribution is -2.52. The predicted molar refractivity (Wildman–Crippen MR) is 93.3 cm³/mol. The Morgan fingerprint density at radius 3 is 2.50 bits per heavy atom. The van der Waals surface area contributed by atoms with Crippen LogP contribution in [-0.2, 0) is 11.8 Å². The molecule has 0 aliphatic heterocycles. The van der Waals surface area contributed by atoms with Gasteiger partial charge in [-0.25, -0.2) is 0 Å². The zero-order valence-corrected chi connectivity index (χ0v) is 13.7. The maximum Gasteiger partial charge on any atom is 0.115 e. The van der Waals surface area contributed by atoms with E-state index in [1.54, 1.807) is 6.07 Å². The Morgan fingerprint density at radius 1 is 1.14 bits per heavy atom. The van der Waals surface area contributed by atoms with Crippen LogP contribution in [0.2, 0.25) is 0 Å². The third-order valence-electron chi connectivity index (χ3n) is 4.61. The molecule has 0 heterocycles. The molecular formula is C18H22N2OS. The summed E-state index contributed by atoms with van der Waals surface area (Å²) in [5.74, 6) is 0.309. The number of fused-ring (bicyclic) bond motifs is 1. The van der Waals surface area contributed by atoms with Gasteiger partial charge in [-0.2, -0.15) is 0 Å². The molecule has 0 saturated carbocycles. The molecule has 3 nitrogen and oxygen atoms in total. The highest BCUT2D eigenvalue weighted by Gasteiger charge is 2.40. The molecule has 0 bridgehead atoms. The van der Waals surface area contributed by atoms with Crippen molar-refractivity contribution in [2.75, 3.05) is 5.73 Å². The largest absolute Gasteiger partial charge is 0.508 e. The molecule has 3 rings (SSSR count). The van der Waals surface area contributed by atoms with Crippen LogP contribution >= 0.6 is 11.8 Å². The highest BCUT2D eigenvalue weighted by molar-refractivity contribution is 8.00. The van der Waals surface area contributed by atoms with Crippen molar-refractivity contribution in [2.24, 2.45) is 5.73 Å². The Kier molecular flexibility index (Phi) is 3.83. The first-order valence-corrected chi connectivity index (χ1v) is 8.36. The Bertz CT molecular complexity index is 682. The van der Waals surface area contributed by atoms with Crippen LogP contribution in [-0.4, -0.2) is 16.4 Å². The fraction of sp³-hybridized carbons (Fsp3) is 0.333. The third kappa shape index (κ3) is 2.69. The summed E-state index contributed by atoms with van der Waals surface area (Å²) in [4.78, 5) is 1.19. The first-order valence-electron chi connectivity index (χ1n) is 7.48. The van der Waals surface area contributed by atoms with Crippen LogP contribution in [0.1, 0.15) is 25.0 Å². The molecule has 2 aromatic rings. The van der Waals surface area contributed by atoms with Gasteiger partial charge in [0.25, 0.3) is 0 Å². The molecule has 1 aliphatic rings. The van der Waals surface area contributed by atoms with Crippen molar-refractivity contribution in [3.8, 4) is 5.75 Å². The van der Waals surface area contributed by atoms with Crippen LogP contribution in [0, 0.1) is 0 Å². The highest BCUT2D eigenvalue weighted by atomic mass is 32.2. The fourth-order valence-corrected chi connectivity index (χ4v) is 4.56. The maximum atomic E-state index is 9.78. The number of hydrogen-bond donors (Lipinski definition) is 3. The normalized spacial score (nSPS) is 23.0. The van der Waals surface area contributed by atoms with Crippen LogP contribution in [0.5, 0.6) is 5.75 Å². The van der Waals surface area contributed by atoms with Crippen molar-refractivity contribution < 1.29 is 5.11 Å². The third-order valence-corrected chi connectivity index (χ3v) is 5.92. The zero-order valence-electron chi connectivity index (χ0n) is 12.9. The molecule has 1 aliphatic carbocycles. The molecule has 4 heteroatoms. The first-order chi connectivity index (χ1) is 10.4. The van der Waals surface area contributed by atoms with Gasteiger partial charge in [0.2, 0.25) is 0 Å². The topological polar surface area (TPSA) is 72.3 Å². The van der Waals surface area contributed by atoms with E-state index in [4.69, 9.17) is 11.5 Å². The van der Waals surface area contributed by atoms with Crippen LogP contribution in [0.25, 0.3) is 0 Å². The van der Waals surface area contributed by atoms with Crippen molar-refractivity contribution in [2.45, 2.75) is 41.9 Å². The van der Waals surface area contributed by atoms with Crippen molar-refractivity contribution in [1.82, 2.24) is 0 Å². The Hall–Kier alpha value is -1.65. The van der Waals surface area contributed by atoms with E-state index in [1.807, 2.05) is 48.2 Å². The number of rotatable bonds is 2. The van der Waals surface area contributed by atoms with Crippen molar-refractivity contribution in [3.63, 3.8) is 0 Å². The van der Waals surface area contributed by atoms with Gasteiger partial charge in [-0.1, -0.05) is 19.9 Å². The second-order valence-electron chi connectivity index (χ2n) is 6.52. The van der Waals surface area contributed by atoms with Gasteiger partial charge in [0, 0.05) is 27.3 Å². The van der Waals surface area contributed by atoms with Gasteiger partial charge in [0.05, 0.1) is 0 Å². The molecule has 2 atom stereocenters. The molecule has 0 spiro atoms. The van der Waals surface area contributed by atoms with Gasteiger partial charge in [-0.15, -0.1) is 11.8 Å². The molecule has 0 aromatic heterocycles. The minimum atomic E-state index is -0.169. The number of hydrogen-bond acceptors (Lipinski definition) is 4. The standard InChI is InChI=1S/C18H22N2OS/c1-18(2)15-10-13(21)6-3-11(15)9-16(17(18)20)22-14-7-4-12(19)5-8-14/h3-8,10,16-17,21H,9,19-20H2,1-2H3/t16-,17+/m0/s1. The molecule has 116 valence electrons. The highest BCUT2D eigenvalue weighted by Crippen LogP contribution is 2.43. The van der Waals surface area contributed by atoms with E-state index in [1.165, 1.54) is 10.5 Å². The molecule has 22 heavy (non-hydrogen) atoms. The summed E-state index contributed by atoms with van der Waals surface area (Å²) in [6, 6.07) is 13.6. The van der Waals surface area contributed by atoms with Gasteiger partial charge in [-0.3, -0.25) is 0 Å². The fourth-order valence-electron chi connectivity index (χ4n) is 3.17. The molecule has 5 N–H and O–H groups in total. The van der Waals surface area contributed by atoms with E-state index in [9.17, 15) is 5.11 Å². The summed E-state index contributed by atoms with van der Waals surface area (Å²) < 4.78 is 0. The maximum absolute atomic E-state index is 9.78. The second kappa shape index (κ2) is 5.52. The summed E-state index contributed by atoms with van der Waals surface area (Å²) in [7, 11) is 0. The first kappa shape index (κ1) is 15.3. The quantitative estimate of drug-likeness (QED) is 0.744. The molecule has 0 unspecified atom stereocenters. The number of phenols is 1. The van der Waals surface area contributed by atoms with Crippen LogP contribution in [0.3, 0.4) is 0 Å². The molecule has 2 aromatic carbocycles. The summed E-state index contributed by atoms with van der Waals surface area (Å²) in [5, 5.41) is 10.1. The Labute approximate surface area is 135 Å². The number of nitrogens with two attached hydrogens (primary N) is 2. The van der Waals surface area contributed by atoms with E-state index in [-0.39, 0.29) is 11.5 Å². The van der Waals surface area contributed by atoms with Crippen molar-refractivity contribution in [3.05, 3.63) is 53.6 Å². The SMILES string of the molecule is CC1(C)c2cc(O)ccc2C[C@H](Sc2ccc(N)cc2)[C@H]1N. The molecule has 0 amide bonds. The number of aromatic hydroxyl groups is 1. The molecule has 0 fully saturated rings. The Balaban J connectivity index is 1.91. The number of anilines is 1. The van der Waals surface area contributed by atoms with Gasteiger partial charge in [-0.05, 0) is 53.9 Å². The number of benzene rings is 2. The van der Waals surface area contributed by atoms with Crippen LogP contribution in [0.15, 0.2) is 47.4 Å². The van der Waals surface area contributed by atoms with E-state index in [0.717, 1.165) is 17.7 Å². The van der Waals surface area contributed by atoms with Crippen molar-refractivity contribution >= 4 is 17.4 Å². The lowest BCUT2D eigenvalue weighted by molar-refractivity contribution is 0.369. The molecule has 0 radical (unpaired) electrons. The van der Waals surface area contributed by atoms with Crippen LogP contribution < -0.4 is 11.5 Å². The monoisotopic (exact) mass is 314 g/mol. The second-order valence-corrected chi connectivity index (χ2v) is 7.83. The number of phenolic OH excluding ortho intramolecular Hbond substituents is 1. The van der Waals surface area contributed by atoms with E-state index in [0.29, 0.717) is 11.0 Å². The van der Waals surface area contributed by atoms with Crippen LogP contribution in [0.4, 0.5) is 5.69 Å². The minimum Gasteiger partial charge on any atom is -0.508 e. The van der Waals surface area contributed by atoms with E-state index < -0.39 is 0 Å². The van der Waals surface area contributed by atoms with Crippen molar-refractivity contribution in [1.29, 1.82) is 0 Å². The molecular weight excluding hydrogens is 292 g/mol. The lowest BCUT2D eigenvalue weighted by atomic mass is 9.69. The summed E-state index contributed by atoms with van der Waals surface area (Å²) in [6.45, 7) is 4.32.